The summed E-state index contributed by atoms with van der Waals surface area (Å²) in [5, 5.41) is 5.22. The molecule has 0 spiro atoms. The molecule has 0 N–H and O–H groups in total. The first-order valence-corrected chi connectivity index (χ1v) is 10.2. The Balaban J connectivity index is 1.94. The van der Waals surface area contributed by atoms with Crippen molar-refractivity contribution in [1.82, 2.24) is 24.6 Å². The highest BCUT2D eigenvalue weighted by atomic mass is 35.5. The Morgan fingerprint density at radius 1 is 1.29 bits per heavy atom. The van der Waals surface area contributed by atoms with Gasteiger partial charge < -0.3 is 9.64 Å². The summed E-state index contributed by atoms with van der Waals surface area (Å²) < 4.78 is 7.72. The lowest BCUT2D eigenvalue weighted by molar-refractivity contribution is -0.119. The van der Waals surface area contributed by atoms with Crippen molar-refractivity contribution in [3.05, 3.63) is 29.8 Å². The molecule has 0 radical (unpaired) electrons. The molecular formula is C18H23ClN6O2S. The molecule has 28 heavy (non-hydrogen) atoms. The van der Waals surface area contributed by atoms with Crippen LogP contribution < -0.4 is 9.64 Å². The molecule has 8 nitrogen and oxygen atoms in total. The number of amides is 1. The SMILES string of the molecule is CCN(CC)CCN(C(=O)Cn1cncn1)c1nc2c(OC)ccc(Cl)c2s1. The van der Waals surface area contributed by atoms with Gasteiger partial charge in [0, 0.05) is 13.1 Å². The van der Waals surface area contributed by atoms with Crippen molar-refractivity contribution in [3.8, 4) is 5.75 Å². The summed E-state index contributed by atoms with van der Waals surface area (Å²) in [6.07, 6.45) is 2.94. The number of carbonyl (C=O) groups excluding carboxylic acids is 1. The summed E-state index contributed by atoms with van der Waals surface area (Å²) in [7, 11) is 1.59. The number of anilines is 1. The van der Waals surface area contributed by atoms with E-state index in [0.29, 0.717) is 28.0 Å². The number of methoxy groups -OCH3 is 1. The molecule has 150 valence electrons. The number of hydrogen-bond acceptors (Lipinski definition) is 7. The number of carbonyl (C=O) groups is 1. The lowest BCUT2D eigenvalue weighted by atomic mass is 10.3. The zero-order chi connectivity index (χ0) is 20.1. The van der Waals surface area contributed by atoms with Gasteiger partial charge in [-0.15, -0.1) is 0 Å². The van der Waals surface area contributed by atoms with E-state index in [0.717, 1.165) is 24.3 Å². The minimum atomic E-state index is -0.105. The number of fused-ring (bicyclic) bond motifs is 1. The highest BCUT2D eigenvalue weighted by molar-refractivity contribution is 7.23. The van der Waals surface area contributed by atoms with Crippen molar-refractivity contribution < 1.29 is 9.53 Å². The first kappa shape index (κ1) is 20.5. The molecular weight excluding hydrogens is 400 g/mol. The second-order valence-electron chi connectivity index (χ2n) is 6.09. The Morgan fingerprint density at radius 3 is 2.71 bits per heavy atom. The van der Waals surface area contributed by atoms with E-state index >= 15 is 0 Å². The molecule has 0 saturated heterocycles. The number of aromatic nitrogens is 4. The second kappa shape index (κ2) is 9.31. The summed E-state index contributed by atoms with van der Waals surface area (Å²) in [5.41, 5.74) is 0.663. The van der Waals surface area contributed by atoms with Crippen LogP contribution in [-0.2, 0) is 11.3 Å². The summed E-state index contributed by atoms with van der Waals surface area (Å²) in [6, 6.07) is 3.56. The van der Waals surface area contributed by atoms with Gasteiger partial charge in [-0.1, -0.05) is 36.8 Å². The van der Waals surface area contributed by atoms with E-state index in [2.05, 4.69) is 33.8 Å². The van der Waals surface area contributed by atoms with Gasteiger partial charge in [0.2, 0.25) is 0 Å². The molecule has 0 aliphatic carbocycles. The molecule has 1 amide bonds. The minimum absolute atomic E-state index is 0.0963. The van der Waals surface area contributed by atoms with Crippen LogP contribution in [0.15, 0.2) is 24.8 Å². The van der Waals surface area contributed by atoms with E-state index in [1.807, 2.05) is 0 Å². The lowest BCUT2D eigenvalue weighted by Gasteiger charge is -2.24. The fraction of sp³-hybridized carbons (Fsp3) is 0.444. The molecule has 1 aromatic carbocycles. The molecule has 10 heteroatoms. The third-order valence-electron chi connectivity index (χ3n) is 4.50. The highest BCUT2D eigenvalue weighted by Crippen LogP contribution is 2.38. The third-order valence-corrected chi connectivity index (χ3v) is 6.04. The summed E-state index contributed by atoms with van der Waals surface area (Å²) in [4.78, 5) is 25.6. The summed E-state index contributed by atoms with van der Waals surface area (Å²) in [6.45, 7) is 7.41. The smallest absolute Gasteiger partial charge is 0.250 e. The second-order valence-corrected chi connectivity index (χ2v) is 7.47. The van der Waals surface area contributed by atoms with E-state index in [9.17, 15) is 4.79 Å². The molecule has 2 heterocycles. The summed E-state index contributed by atoms with van der Waals surface area (Å²) in [5.74, 6) is 0.529. The number of ether oxygens (including phenoxy) is 1. The van der Waals surface area contributed by atoms with Crippen LogP contribution in [0.1, 0.15) is 13.8 Å². The topological polar surface area (TPSA) is 76.4 Å². The van der Waals surface area contributed by atoms with Crippen molar-refractivity contribution in [1.29, 1.82) is 0 Å². The fourth-order valence-electron chi connectivity index (χ4n) is 2.87. The molecule has 0 saturated carbocycles. The van der Waals surface area contributed by atoms with Crippen molar-refractivity contribution in [2.45, 2.75) is 20.4 Å². The van der Waals surface area contributed by atoms with Crippen LogP contribution in [0.3, 0.4) is 0 Å². The molecule has 0 aliphatic heterocycles. The Labute approximate surface area is 172 Å². The largest absolute Gasteiger partial charge is 0.494 e. The van der Waals surface area contributed by atoms with E-state index in [1.165, 1.54) is 28.7 Å². The molecule has 0 bridgehead atoms. The Morgan fingerprint density at radius 2 is 2.07 bits per heavy atom. The van der Waals surface area contributed by atoms with E-state index in [1.54, 1.807) is 24.1 Å². The number of hydrogen-bond donors (Lipinski definition) is 0. The van der Waals surface area contributed by atoms with Gasteiger partial charge >= 0.3 is 0 Å². The maximum absolute atomic E-state index is 13.0. The minimum Gasteiger partial charge on any atom is -0.494 e. The Kier molecular flexibility index (Phi) is 6.82. The monoisotopic (exact) mass is 422 g/mol. The van der Waals surface area contributed by atoms with E-state index < -0.39 is 0 Å². The van der Waals surface area contributed by atoms with Gasteiger partial charge in [-0.3, -0.25) is 9.69 Å². The van der Waals surface area contributed by atoms with E-state index in [4.69, 9.17) is 16.3 Å². The van der Waals surface area contributed by atoms with Crippen LogP contribution >= 0.6 is 22.9 Å². The van der Waals surface area contributed by atoms with Gasteiger partial charge in [-0.2, -0.15) is 5.10 Å². The van der Waals surface area contributed by atoms with Crippen molar-refractivity contribution in [2.24, 2.45) is 0 Å². The van der Waals surface area contributed by atoms with Crippen LogP contribution in [0.4, 0.5) is 5.13 Å². The average molecular weight is 423 g/mol. The van der Waals surface area contributed by atoms with Gasteiger partial charge in [0.1, 0.15) is 30.5 Å². The van der Waals surface area contributed by atoms with Crippen molar-refractivity contribution in [3.63, 3.8) is 0 Å². The first-order chi connectivity index (χ1) is 13.6. The van der Waals surface area contributed by atoms with Gasteiger partial charge in [-0.05, 0) is 25.2 Å². The van der Waals surface area contributed by atoms with Crippen LogP contribution in [0, 0.1) is 0 Å². The van der Waals surface area contributed by atoms with Gasteiger partial charge in [-0.25, -0.2) is 14.6 Å². The lowest BCUT2D eigenvalue weighted by Crippen LogP contribution is -2.40. The number of halogens is 1. The molecule has 3 aromatic rings. The number of rotatable bonds is 9. The molecule has 0 atom stereocenters. The van der Waals surface area contributed by atoms with Crippen LogP contribution in [0.25, 0.3) is 10.2 Å². The van der Waals surface area contributed by atoms with Gasteiger partial charge in [0.25, 0.3) is 5.91 Å². The molecule has 3 rings (SSSR count). The van der Waals surface area contributed by atoms with Crippen LogP contribution in [0.5, 0.6) is 5.75 Å². The number of likely N-dealkylation sites (N-methyl/N-ethyl adjacent to an activating group) is 1. The Hall–Kier alpha value is -2.23. The first-order valence-electron chi connectivity index (χ1n) is 9.05. The zero-order valence-corrected chi connectivity index (χ0v) is 17.7. The normalized spacial score (nSPS) is 11.3. The standard InChI is InChI=1S/C18H23ClN6O2S/c1-4-23(5-2)8-9-25(15(26)10-24-12-20-11-21-24)18-22-16-14(27-3)7-6-13(19)17(16)28-18/h6-7,11-12H,4-5,8-10H2,1-3H3. The number of benzene rings is 1. The van der Waals surface area contributed by atoms with Crippen LogP contribution in [-0.4, -0.2) is 63.8 Å². The maximum Gasteiger partial charge on any atom is 0.250 e. The molecule has 2 aromatic heterocycles. The summed E-state index contributed by atoms with van der Waals surface area (Å²) >= 11 is 7.74. The van der Waals surface area contributed by atoms with Gasteiger partial charge in [0.15, 0.2) is 5.13 Å². The Bertz CT molecular complexity index is 926. The third kappa shape index (κ3) is 4.43. The molecule has 0 aliphatic rings. The number of thiazole rings is 1. The molecule has 0 unspecified atom stereocenters. The fourth-order valence-corrected chi connectivity index (χ4v) is 4.17. The van der Waals surface area contributed by atoms with Crippen molar-refractivity contribution >= 4 is 44.2 Å². The van der Waals surface area contributed by atoms with Crippen LogP contribution in [0.2, 0.25) is 5.02 Å². The quantitative estimate of drug-likeness (QED) is 0.527. The maximum atomic E-state index is 13.0. The number of nitrogens with zero attached hydrogens (tertiary/aromatic N) is 6. The van der Waals surface area contributed by atoms with Gasteiger partial charge in [0.05, 0.1) is 16.8 Å². The van der Waals surface area contributed by atoms with Crippen molar-refractivity contribution in [2.75, 3.05) is 38.2 Å². The predicted octanol–water partition coefficient (Wildman–Crippen LogP) is 2.92. The predicted molar refractivity (Wildman–Crippen MR) is 111 cm³/mol. The highest BCUT2D eigenvalue weighted by Gasteiger charge is 2.23. The zero-order valence-electron chi connectivity index (χ0n) is 16.1. The van der Waals surface area contributed by atoms with E-state index in [-0.39, 0.29) is 12.5 Å². The average Bonchev–Trinajstić information content (AvgIpc) is 3.36. The molecule has 0 fully saturated rings.